The summed E-state index contributed by atoms with van der Waals surface area (Å²) in [6.45, 7) is 6.95. The molecule has 0 atom stereocenters. The van der Waals surface area contributed by atoms with Crippen molar-refractivity contribution in [2.75, 3.05) is 13.2 Å². The first-order valence-electron chi connectivity index (χ1n) is 6.75. The summed E-state index contributed by atoms with van der Waals surface area (Å²) in [5.41, 5.74) is 0.740. The molecule has 0 spiro atoms. The lowest BCUT2D eigenvalue weighted by molar-refractivity contribution is -0.127. The minimum atomic E-state index is -0.497. The first kappa shape index (κ1) is 14.7. The molecular weight excluding hydrogens is 230 g/mol. The zero-order valence-electron chi connectivity index (χ0n) is 11.6. The van der Waals surface area contributed by atoms with Gasteiger partial charge in [0.2, 0.25) is 0 Å². The van der Waals surface area contributed by atoms with Crippen LogP contribution < -0.4 is 0 Å². The van der Waals surface area contributed by atoms with E-state index in [1.165, 1.54) is 4.90 Å². The summed E-state index contributed by atoms with van der Waals surface area (Å²) in [4.78, 5) is 25.1. The third-order valence-electron chi connectivity index (χ3n) is 2.83. The lowest BCUT2D eigenvalue weighted by atomic mass is 10.0. The van der Waals surface area contributed by atoms with Crippen molar-refractivity contribution < 1.29 is 14.3 Å². The molecule has 0 aromatic rings. The molecule has 1 saturated heterocycles. The van der Waals surface area contributed by atoms with Gasteiger partial charge in [0.25, 0.3) is 5.91 Å². The van der Waals surface area contributed by atoms with E-state index in [1.807, 2.05) is 26.8 Å². The van der Waals surface area contributed by atoms with Crippen LogP contribution in [-0.4, -0.2) is 30.1 Å². The van der Waals surface area contributed by atoms with Crippen molar-refractivity contribution in [3.8, 4) is 0 Å². The van der Waals surface area contributed by atoms with Gasteiger partial charge in [-0.3, -0.25) is 4.79 Å². The highest BCUT2D eigenvalue weighted by Gasteiger charge is 2.29. The van der Waals surface area contributed by atoms with E-state index < -0.39 is 6.09 Å². The van der Waals surface area contributed by atoms with Crippen LogP contribution in [0.15, 0.2) is 11.6 Å². The van der Waals surface area contributed by atoms with E-state index in [4.69, 9.17) is 4.74 Å². The standard InChI is InChI=1S/C14H23NO3/c1-4-5-9-18-14(17)15-8-6-7-12(13(15)16)10-11(2)3/h10-11H,4-9H2,1-3H3. The van der Waals surface area contributed by atoms with E-state index in [9.17, 15) is 9.59 Å². The van der Waals surface area contributed by atoms with Crippen molar-refractivity contribution >= 4 is 12.0 Å². The maximum atomic E-state index is 12.1. The smallest absolute Gasteiger partial charge is 0.416 e. The van der Waals surface area contributed by atoms with E-state index in [0.717, 1.165) is 31.3 Å². The van der Waals surface area contributed by atoms with Crippen molar-refractivity contribution in [3.05, 3.63) is 11.6 Å². The summed E-state index contributed by atoms with van der Waals surface area (Å²) in [5.74, 6) is 0.136. The second kappa shape index (κ2) is 7.19. The highest BCUT2D eigenvalue weighted by atomic mass is 16.6. The van der Waals surface area contributed by atoms with Gasteiger partial charge in [0.15, 0.2) is 0 Å². The van der Waals surface area contributed by atoms with Gasteiger partial charge in [-0.1, -0.05) is 33.3 Å². The Hall–Kier alpha value is -1.32. The van der Waals surface area contributed by atoms with Gasteiger partial charge in [-0.2, -0.15) is 0 Å². The predicted molar refractivity (Wildman–Crippen MR) is 70.1 cm³/mol. The van der Waals surface area contributed by atoms with E-state index in [2.05, 4.69) is 0 Å². The molecule has 0 N–H and O–H groups in total. The number of ether oxygens (including phenoxy) is 1. The fourth-order valence-electron chi connectivity index (χ4n) is 1.92. The van der Waals surface area contributed by atoms with Gasteiger partial charge in [-0.25, -0.2) is 9.69 Å². The molecule has 4 heteroatoms. The Morgan fingerprint density at radius 3 is 2.83 bits per heavy atom. The molecule has 0 radical (unpaired) electrons. The maximum Gasteiger partial charge on any atom is 0.416 e. The Labute approximate surface area is 109 Å². The van der Waals surface area contributed by atoms with Crippen molar-refractivity contribution in [2.24, 2.45) is 5.92 Å². The minimum absolute atomic E-state index is 0.184. The Balaban J connectivity index is 2.60. The number of imide groups is 1. The minimum Gasteiger partial charge on any atom is -0.449 e. The molecule has 102 valence electrons. The number of amides is 2. The fraction of sp³-hybridized carbons (Fsp3) is 0.714. The van der Waals surface area contributed by atoms with Crippen LogP contribution in [-0.2, 0) is 9.53 Å². The van der Waals surface area contributed by atoms with Crippen LogP contribution in [0.2, 0.25) is 0 Å². The quantitative estimate of drug-likeness (QED) is 0.571. The molecule has 18 heavy (non-hydrogen) atoms. The zero-order valence-corrected chi connectivity index (χ0v) is 11.6. The van der Waals surface area contributed by atoms with Crippen molar-refractivity contribution in [3.63, 3.8) is 0 Å². The van der Waals surface area contributed by atoms with Gasteiger partial charge in [0.1, 0.15) is 0 Å². The molecule has 2 amide bonds. The highest BCUT2D eigenvalue weighted by Crippen LogP contribution is 2.19. The zero-order chi connectivity index (χ0) is 13.5. The summed E-state index contributed by atoms with van der Waals surface area (Å²) >= 11 is 0. The highest BCUT2D eigenvalue weighted by molar-refractivity contribution is 6.03. The normalized spacial score (nSPS) is 18.6. The number of hydrogen-bond donors (Lipinski definition) is 0. The number of carbonyl (C=O) groups is 2. The molecule has 1 rings (SSSR count). The summed E-state index contributed by atoms with van der Waals surface area (Å²) in [5, 5.41) is 0. The number of likely N-dealkylation sites (tertiary alicyclic amines) is 1. The topological polar surface area (TPSA) is 46.6 Å². The second-order valence-corrected chi connectivity index (χ2v) is 4.96. The fourth-order valence-corrected chi connectivity index (χ4v) is 1.92. The van der Waals surface area contributed by atoms with Crippen LogP contribution in [0, 0.1) is 5.92 Å². The lowest BCUT2D eigenvalue weighted by Gasteiger charge is -2.26. The van der Waals surface area contributed by atoms with Crippen molar-refractivity contribution in [2.45, 2.75) is 46.5 Å². The second-order valence-electron chi connectivity index (χ2n) is 4.96. The van der Waals surface area contributed by atoms with Gasteiger partial charge >= 0.3 is 6.09 Å². The molecule has 1 aliphatic heterocycles. The summed E-state index contributed by atoms with van der Waals surface area (Å²) in [6, 6.07) is 0. The molecule has 1 aliphatic rings. The van der Waals surface area contributed by atoms with Crippen LogP contribution in [0.3, 0.4) is 0 Å². The Bertz CT molecular complexity index is 334. The number of allylic oxidation sites excluding steroid dienone is 1. The Morgan fingerprint density at radius 1 is 1.50 bits per heavy atom. The SMILES string of the molecule is CCCCOC(=O)N1CCCC(=CC(C)C)C1=O. The third-order valence-corrected chi connectivity index (χ3v) is 2.83. The molecule has 1 fully saturated rings. The van der Waals surface area contributed by atoms with Crippen LogP contribution in [0.5, 0.6) is 0 Å². The average Bonchev–Trinajstić information content (AvgIpc) is 2.31. The Morgan fingerprint density at radius 2 is 2.22 bits per heavy atom. The third kappa shape index (κ3) is 4.17. The molecule has 0 bridgehead atoms. The number of nitrogens with zero attached hydrogens (tertiary/aromatic N) is 1. The molecule has 0 unspecified atom stereocenters. The number of rotatable bonds is 4. The van der Waals surface area contributed by atoms with Crippen LogP contribution in [0.1, 0.15) is 46.5 Å². The molecule has 4 nitrogen and oxygen atoms in total. The monoisotopic (exact) mass is 253 g/mol. The first-order chi connectivity index (χ1) is 8.56. The number of hydrogen-bond acceptors (Lipinski definition) is 3. The maximum absolute atomic E-state index is 12.1. The van der Waals surface area contributed by atoms with Gasteiger partial charge in [0, 0.05) is 12.1 Å². The molecule has 0 saturated carbocycles. The van der Waals surface area contributed by atoms with Crippen molar-refractivity contribution in [1.29, 1.82) is 0 Å². The summed E-state index contributed by atoms with van der Waals surface area (Å²) in [7, 11) is 0. The average molecular weight is 253 g/mol. The largest absolute Gasteiger partial charge is 0.449 e. The summed E-state index contributed by atoms with van der Waals surface area (Å²) < 4.78 is 5.08. The molecular formula is C14H23NO3. The summed E-state index contributed by atoms with van der Waals surface area (Å²) in [6.07, 6.45) is 4.83. The molecule has 1 heterocycles. The van der Waals surface area contributed by atoms with Gasteiger partial charge in [-0.05, 0) is 25.2 Å². The number of unbranched alkanes of at least 4 members (excludes halogenated alkanes) is 1. The van der Waals surface area contributed by atoms with Crippen LogP contribution >= 0.6 is 0 Å². The van der Waals surface area contributed by atoms with Crippen molar-refractivity contribution in [1.82, 2.24) is 4.90 Å². The number of piperidine rings is 1. The van der Waals surface area contributed by atoms with E-state index in [-0.39, 0.29) is 5.91 Å². The van der Waals surface area contributed by atoms with Gasteiger partial charge < -0.3 is 4.74 Å². The first-order valence-corrected chi connectivity index (χ1v) is 6.75. The van der Waals surface area contributed by atoms with E-state index in [0.29, 0.717) is 19.1 Å². The van der Waals surface area contributed by atoms with E-state index in [1.54, 1.807) is 0 Å². The van der Waals surface area contributed by atoms with Gasteiger partial charge in [0.05, 0.1) is 6.61 Å². The van der Waals surface area contributed by atoms with E-state index >= 15 is 0 Å². The Kier molecular flexibility index (Phi) is 5.89. The molecule has 0 aromatic carbocycles. The van der Waals surface area contributed by atoms with Gasteiger partial charge in [-0.15, -0.1) is 0 Å². The number of carbonyl (C=O) groups excluding carboxylic acids is 2. The lowest BCUT2D eigenvalue weighted by Crippen LogP contribution is -2.42. The molecule has 0 aromatic heterocycles. The van der Waals surface area contributed by atoms with Crippen LogP contribution in [0.4, 0.5) is 4.79 Å². The molecule has 0 aliphatic carbocycles. The predicted octanol–water partition coefficient (Wildman–Crippen LogP) is 3.13. The van der Waals surface area contributed by atoms with Crippen LogP contribution in [0.25, 0.3) is 0 Å².